The molecule has 9 heteroatoms. The van der Waals surface area contributed by atoms with Crippen molar-refractivity contribution in [1.82, 2.24) is 14.5 Å². The minimum atomic E-state index is -0.316. The molecule has 0 radical (unpaired) electrons. The Bertz CT molecular complexity index is 1290. The Kier molecular flexibility index (Phi) is 6.26. The van der Waals surface area contributed by atoms with Crippen LogP contribution < -0.4 is 10.9 Å². The molecule has 0 bridgehead atoms. The highest BCUT2D eigenvalue weighted by Gasteiger charge is 2.14. The summed E-state index contributed by atoms with van der Waals surface area (Å²) in [4.78, 5) is 35.9. The van der Waals surface area contributed by atoms with Gasteiger partial charge in [0.15, 0.2) is 5.13 Å². The van der Waals surface area contributed by atoms with Gasteiger partial charge in [0, 0.05) is 22.9 Å². The van der Waals surface area contributed by atoms with Gasteiger partial charge in [0.25, 0.3) is 5.56 Å². The summed E-state index contributed by atoms with van der Waals surface area (Å²) in [5.41, 5.74) is 3.69. The smallest absolute Gasteiger partial charge is 0.262 e. The van der Waals surface area contributed by atoms with Crippen LogP contribution in [0.25, 0.3) is 21.5 Å². The van der Waals surface area contributed by atoms with Gasteiger partial charge in [-0.15, -0.1) is 22.7 Å². The molecular weight excluding hydrogens is 432 g/mol. The average molecular weight is 455 g/mol. The van der Waals surface area contributed by atoms with Gasteiger partial charge in [-0.1, -0.05) is 24.3 Å². The van der Waals surface area contributed by atoms with Crippen LogP contribution in [0, 0.1) is 13.8 Å². The number of hydrogen-bond donors (Lipinski definition) is 1. The molecule has 0 atom stereocenters. The number of nitrogens with zero attached hydrogens (tertiary/aromatic N) is 3. The van der Waals surface area contributed by atoms with Crippen molar-refractivity contribution >= 4 is 43.9 Å². The van der Waals surface area contributed by atoms with Gasteiger partial charge in [0.2, 0.25) is 5.91 Å². The molecule has 0 fully saturated rings. The first-order valence-corrected chi connectivity index (χ1v) is 11.4. The molecule has 0 aliphatic heterocycles. The fourth-order valence-corrected chi connectivity index (χ4v) is 4.95. The van der Waals surface area contributed by atoms with E-state index < -0.39 is 0 Å². The molecule has 160 valence electrons. The van der Waals surface area contributed by atoms with Gasteiger partial charge in [0.05, 0.1) is 24.0 Å². The second-order valence-electron chi connectivity index (χ2n) is 7.17. The van der Waals surface area contributed by atoms with E-state index in [1.165, 1.54) is 39.1 Å². The maximum absolute atomic E-state index is 12.8. The third-order valence-electron chi connectivity index (χ3n) is 5.06. The molecule has 4 aromatic rings. The number of methoxy groups -OCH3 is 1. The molecule has 3 aromatic heterocycles. The van der Waals surface area contributed by atoms with Crippen molar-refractivity contribution in [2.75, 3.05) is 19.0 Å². The molecular formula is C22H22N4O3S2. The summed E-state index contributed by atoms with van der Waals surface area (Å²) in [6.45, 7) is 4.44. The first-order chi connectivity index (χ1) is 15.0. The van der Waals surface area contributed by atoms with Crippen LogP contribution in [0.3, 0.4) is 0 Å². The number of aryl methyl sites for hydroxylation is 2. The molecule has 1 aromatic carbocycles. The highest BCUT2D eigenvalue weighted by Crippen LogP contribution is 2.26. The molecule has 0 aliphatic carbocycles. The number of hydrogen-bond acceptors (Lipinski definition) is 7. The molecule has 7 nitrogen and oxygen atoms in total. The zero-order valence-electron chi connectivity index (χ0n) is 17.5. The van der Waals surface area contributed by atoms with E-state index >= 15 is 0 Å². The number of thiazole rings is 1. The number of carbonyl (C=O) groups is 1. The van der Waals surface area contributed by atoms with Gasteiger partial charge in [-0.2, -0.15) is 0 Å². The van der Waals surface area contributed by atoms with Crippen LogP contribution in [0.5, 0.6) is 0 Å². The third kappa shape index (κ3) is 4.58. The Labute approximate surface area is 187 Å². The van der Waals surface area contributed by atoms with Crippen molar-refractivity contribution in [2.45, 2.75) is 26.8 Å². The molecule has 4 rings (SSSR count). The summed E-state index contributed by atoms with van der Waals surface area (Å²) in [5, 5.41) is 5.76. The summed E-state index contributed by atoms with van der Waals surface area (Å²) in [5.74, 6) is -0.316. The zero-order valence-corrected chi connectivity index (χ0v) is 19.1. The second-order valence-corrected chi connectivity index (χ2v) is 9.23. The lowest BCUT2D eigenvalue weighted by atomic mass is 10.1. The van der Waals surface area contributed by atoms with E-state index in [1.807, 2.05) is 31.4 Å². The number of benzene rings is 1. The predicted octanol–water partition coefficient (Wildman–Crippen LogP) is 4.03. The number of aromatic nitrogens is 3. The largest absolute Gasteiger partial charge is 0.384 e. The SMILES string of the molecule is COCCc1ccc(-c2csc(NC(=O)Cn3cnc4sc(C)c(C)c4c3=O)n2)cc1. The van der Waals surface area contributed by atoms with Gasteiger partial charge in [-0.05, 0) is 31.4 Å². The van der Waals surface area contributed by atoms with E-state index in [0.717, 1.165) is 28.1 Å². The van der Waals surface area contributed by atoms with Crippen LogP contribution in [0.15, 0.2) is 40.8 Å². The molecule has 3 heterocycles. The van der Waals surface area contributed by atoms with Crippen LogP contribution >= 0.6 is 22.7 Å². The molecule has 0 aliphatic rings. The van der Waals surface area contributed by atoms with E-state index in [0.29, 0.717) is 22.0 Å². The summed E-state index contributed by atoms with van der Waals surface area (Å²) in [6, 6.07) is 8.12. The molecule has 1 amide bonds. The van der Waals surface area contributed by atoms with Gasteiger partial charge in [-0.3, -0.25) is 14.2 Å². The van der Waals surface area contributed by atoms with Crippen molar-refractivity contribution in [2.24, 2.45) is 0 Å². The number of carbonyl (C=O) groups excluding carboxylic acids is 1. The van der Waals surface area contributed by atoms with Gasteiger partial charge >= 0.3 is 0 Å². The Balaban J connectivity index is 1.45. The van der Waals surface area contributed by atoms with E-state index in [4.69, 9.17) is 4.74 Å². The summed E-state index contributed by atoms with van der Waals surface area (Å²) in [6.07, 6.45) is 2.29. The molecule has 0 spiro atoms. The van der Waals surface area contributed by atoms with E-state index in [2.05, 4.69) is 27.4 Å². The normalized spacial score (nSPS) is 11.2. The topological polar surface area (TPSA) is 86.1 Å². The van der Waals surface area contributed by atoms with Gasteiger partial charge < -0.3 is 10.1 Å². The predicted molar refractivity (Wildman–Crippen MR) is 125 cm³/mol. The number of anilines is 1. The van der Waals surface area contributed by atoms with E-state index in [-0.39, 0.29) is 18.0 Å². The van der Waals surface area contributed by atoms with Crippen LogP contribution in [0.4, 0.5) is 5.13 Å². The number of thiophene rings is 1. The molecule has 31 heavy (non-hydrogen) atoms. The summed E-state index contributed by atoms with van der Waals surface area (Å²) < 4.78 is 6.44. The fourth-order valence-electron chi connectivity index (χ4n) is 3.22. The van der Waals surface area contributed by atoms with Gasteiger partial charge in [-0.25, -0.2) is 9.97 Å². The Morgan fingerprint density at radius 3 is 2.74 bits per heavy atom. The maximum atomic E-state index is 12.8. The standard InChI is InChI=1S/C22H22N4O3S2/c1-13-14(2)31-20-19(13)21(28)26(12-23-20)10-18(27)25-22-24-17(11-30-22)16-6-4-15(5-7-16)8-9-29-3/h4-7,11-12H,8-10H2,1-3H3,(H,24,25,27). The first-order valence-electron chi connectivity index (χ1n) is 9.75. The lowest BCUT2D eigenvalue weighted by Gasteiger charge is -2.05. The van der Waals surface area contributed by atoms with Crippen LogP contribution in [-0.2, 0) is 22.5 Å². The minimum absolute atomic E-state index is 0.112. The second kappa shape index (κ2) is 9.09. The Morgan fingerprint density at radius 1 is 1.23 bits per heavy atom. The molecule has 0 saturated heterocycles. The van der Waals surface area contributed by atoms with Crippen molar-refractivity contribution < 1.29 is 9.53 Å². The van der Waals surface area contributed by atoms with Crippen LogP contribution in [0.1, 0.15) is 16.0 Å². The van der Waals surface area contributed by atoms with Crippen molar-refractivity contribution in [3.63, 3.8) is 0 Å². The van der Waals surface area contributed by atoms with E-state index in [1.54, 1.807) is 7.11 Å². The minimum Gasteiger partial charge on any atom is -0.384 e. The van der Waals surface area contributed by atoms with E-state index in [9.17, 15) is 9.59 Å². The molecule has 0 unspecified atom stereocenters. The lowest BCUT2D eigenvalue weighted by molar-refractivity contribution is -0.116. The van der Waals surface area contributed by atoms with Crippen molar-refractivity contribution in [1.29, 1.82) is 0 Å². The maximum Gasteiger partial charge on any atom is 0.262 e. The monoisotopic (exact) mass is 454 g/mol. The average Bonchev–Trinajstić information content (AvgIpc) is 3.33. The van der Waals surface area contributed by atoms with Crippen LogP contribution in [-0.4, -0.2) is 34.2 Å². The Morgan fingerprint density at radius 2 is 2.00 bits per heavy atom. The highest BCUT2D eigenvalue weighted by molar-refractivity contribution is 7.18. The van der Waals surface area contributed by atoms with Crippen molar-refractivity contribution in [3.05, 3.63) is 62.3 Å². The summed E-state index contributed by atoms with van der Waals surface area (Å²) >= 11 is 2.84. The third-order valence-corrected chi connectivity index (χ3v) is 6.94. The zero-order chi connectivity index (χ0) is 22.0. The highest BCUT2D eigenvalue weighted by atomic mass is 32.1. The first kappa shape index (κ1) is 21.4. The molecule has 0 saturated carbocycles. The number of amides is 1. The molecule has 1 N–H and O–H groups in total. The number of nitrogens with one attached hydrogen (secondary N) is 1. The van der Waals surface area contributed by atoms with Crippen LogP contribution in [0.2, 0.25) is 0 Å². The fraction of sp³-hybridized carbons (Fsp3) is 0.273. The Hall–Kier alpha value is -2.88. The number of ether oxygens (including phenoxy) is 1. The summed E-state index contributed by atoms with van der Waals surface area (Å²) in [7, 11) is 1.69. The van der Waals surface area contributed by atoms with Crippen molar-refractivity contribution in [3.8, 4) is 11.3 Å². The lowest BCUT2D eigenvalue weighted by Crippen LogP contribution is -2.27. The van der Waals surface area contributed by atoms with Gasteiger partial charge in [0.1, 0.15) is 11.4 Å². The quantitative estimate of drug-likeness (QED) is 0.456. The number of rotatable bonds is 7. The number of fused-ring (bicyclic) bond motifs is 1.